The van der Waals surface area contributed by atoms with E-state index in [1.807, 2.05) is 55.6 Å². The number of thiophene rings is 1. The molecule has 0 saturated carbocycles. The third kappa shape index (κ3) is 4.96. The number of carbonyl (C=O) groups is 2. The molecule has 1 amide bonds. The van der Waals surface area contributed by atoms with Crippen LogP contribution in [0.1, 0.15) is 48.8 Å². The molecule has 0 bridgehead atoms. The maximum atomic E-state index is 12.8. The highest BCUT2D eigenvalue weighted by Gasteiger charge is 2.20. The highest BCUT2D eigenvalue weighted by Crippen LogP contribution is 2.26. The van der Waals surface area contributed by atoms with Crippen LogP contribution in [0.4, 0.5) is 10.5 Å². The van der Waals surface area contributed by atoms with Crippen LogP contribution in [0, 0.1) is 5.92 Å². The molecular formula is C25H26N4O3S. The molecule has 0 aliphatic carbocycles. The van der Waals surface area contributed by atoms with E-state index in [0.29, 0.717) is 21.8 Å². The molecule has 0 spiro atoms. The van der Waals surface area contributed by atoms with Gasteiger partial charge in [-0.05, 0) is 42.0 Å². The van der Waals surface area contributed by atoms with E-state index in [9.17, 15) is 9.59 Å². The van der Waals surface area contributed by atoms with Gasteiger partial charge in [0.1, 0.15) is 6.10 Å². The van der Waals surface area contributed by atoms with Crippen molar-refractivity contribution in [3.05, 3.63) is 70.7 Å². The van der Waals surface area contributed by atoms with Crippen LogP contribution in [0.15, 0.2) is 60.2 Å². The third-order valence-electron chi connectivity index (χ3n) is 5.37. The van der Waals surface area contributed by atoms with Crippen molar-refractivity contribution in [1.29, 1.82) is 0 Å². The number of nitrogens with one attached hydrogen (secondary N) is 1. The van der Waals surface area contributed by atoms with Crippen molar-refractivity contribution in [3.63, 3.8) is 0 Å². The molecule has 0 fully saturated rings. The zero-order chi connectivity index (χ0) is 23.4. The minimum atomic E-state index is -0.470. The summed E-state index contributed by atoms with van der Waals surface area (Å²) in [5.74, 6) is 0.146. The minimum Gasteiger partial charge on any atom is -0.446 e. The third-order valence-corrected chi connectivity index (χ3v) is 6.24. The second kappa shape index (κ2) is 9.95. The van der Waals surface area contributed by atoms with Gasteiger partial charge in [-0.2, -0.15) is 5.10 Å². The van der Waals surface area contributed by atoms with Crippen molar-refractivity contribution in [2.45, 2.75) is 39.7 Å². The first-order chi connectivity index (χ1) is 16.0. The Balaban J connectivity index is 1.59. The van der Waals surface area contributed by atoms with Gasteiger partial charge in [-0.3, -0.25) is 10.1 Å². The molecule has 3 aromatic heterocycles. The Morgan fingerprint density at radius 2 is 2.03 bits per heavy atom. The molecule has 0 saturated heterocycles. The number of ether oxygens (including phenoxy) is 1. The fraction of sp³-hybridized carbons (Fsp3) is 0.280. The molecule has 3 heterocycles. The van der Waals surface area contributed by atoms with E-state index in [1.165, 1.54) is 11.3 Å². The average molecular weight is 463 g/mol. The highest BCUT2D eigenvalue weighted by molar-refractivity contribution is 7.12. The van der Waals surface area contributed by atoms with Gasteiger partial charge in [0.05, 0.1) is 22.3 Å². The predicted molar refractivity (Wildman–Crippen MR) is 130 cm³/mol. The summed E-state index contributed by atoms with van der Waals surface area (Å²) in [6.07, 6.45) is 4.39. The summed E-state index contributed by atoms with van der Waals surface area (Å²) in [4.78, 5) is 30.3. The molecule has 0 aliphatic heterocycles. The summed E-state index contributed by atoms with van der Waals surface area (Å²) in [6, 6.07) is 12.9. The highest BCUT2D eigenvalue weighted by atomic mass is 32.1. The zero-order valence-corrected chi connectivity index (χ0v) is 19.6. The second-order valence-corrected chi connectivity index (χ2v) is 9.06. The normalized spacial score (nSPS) is 12.1. The van der Waals surface area contributed by atoms with E-state index in [-0.39, 0.29) is 17.8 Å². The van der Waals surface area contributed by atoms with Gasteiger partial charge < -0.3 is 4.74 Å². The summed E-state index contributed by atoms with van der Waals surface area (Å²) < 4.78 is 7.27. The van der Waals surface area contributed by atoms with Crippen LogP contribution in [-0.4, -0.2) is 32.6 Å². The van der Waals surface area contributed by atoms with E-state index in [4.69, 9.17) is 4.74 Å². The van der Waals surface area contributed by atoms with E-state index in [0.717, 1.165) is 24.1 Å². The largest absolute Gasteiger partial charge is 0.446 e. The van der Waals surface area contributed by atoms with Crippen LogP contribution in [0.3, 0.4) is 0 Å². The summed E-state index contributed by atoms with van der Waals surface area (Å²) >= 11 is 1.39. The molecular weight excluding hydrogens is 436 g/mol. The number of amides is 1. The molecule has 8 heteroatoms. The molecule has 33 heavy (non-hydrogen) atoms. The summed E-state index contributed by atoms with van der Waals surface area (Å²) in [5, 5.41) is 9.12. The lowest BCUT2D eigenvalue weighted by Crippen LogP contribution is -2.26. The standard InChI is InChI=1S/C25H26N4O3S/c1-4-7-21(16(2)3)32-25(31)28-18-9-5-8-17(14-18)20-11-12-26-24-19(15-27-29(20)24)23(30)22-10-6-13-33-22/h5-6,8-16,21H,4,7H2,1-3H3,(H,28,31). The second-order valence-electron chi connectivity index (χ2n) is 8.11. The van der Waals surface area contributed by atoms with Gasteiger partial charge in [0.15, 0.2) is 5.65 Å². The van der Waals surface area contributed by atoms with Crippen molar-refractivity contribution in [1.82, 2.24) is 14.6 Å². The monoisotopic (exact) mass is 462 g/mol. The molecule has 0 aliphatic rings. The Morgan fingerprint density at radius 1 is 1.18 bits per heavy atom. The molecule has 1 unspecified atom stereocenters. The van der Waals surface area contributed by atoms with Crippen LogP contribution < -0.4 is 5.32 Å². The molecule has 1 N–H and O–H groups in total. The average Bonchev–Trinajstić information content (AvgIpc) is 3.48. The molecule has 1 atom stereocenters. The SMILES string of the molecule is CCCC(OC(=O)Nc1cccc(-c2ccnc3c(C(=O)c4cccs4)cnn23)c1)C(C)C. The van der Waals surface area contributed by atoms with Crippen LogP contribution in [-0.2, 0) is 4.74 Å². The Labute approximate surface area is 196 Å². The van der Waals surface area contributed by atoms with E-state index < -0.39 is 6.09 Å². The number of carbonyl (C=O) groups excluding carboxylic acids is 2. The number of benzene rings is 1. The van der Waals surface area contributed by atoms with Gasteiger partial charge in [-0.1, -0.05) is 45.4 Å². The Morgan fingerprint density at radius 3 is 2.76 bits per heavy atom. The number of rotatable bonds is 8. The first-order valence-corrected chi connectivity index (χ1v) is 11.8. The lowest BCUT2D eigenvalue weighted by atomic mass is 10.0. The van der Waals surface area contributed by atoms with E-state index in [2.05, 4.69) is 22.3 Å². The van der Waals surface area contributed by atoms with Gasteiger partial charge in [-0.15, -0.1) is 11.3 Å². The molecule has 0 radical (unpaired) electrons. The smallest absolute Gasteiger partial charge is 0.411 e. The topological polar surface area (TPSA) is 85.6 Å². The Bertz CT molecular complexity index is 1260. The van der Waals surface area contributed by atoms with Crippen molar-refractivity contribution in [3.8, 4) is 11.3 Å². The maximum Gasteiger partial charge on any atom is 0.411 e. The predicted octanol–water partition coefficient (Wildman–Crippen LogP) is 6.06. The van der Waals surface area contributed by atoms with Gasteiger partial charge in [0.2, 0.25) is 5.78 Å². The van der Waals surface area contributed by atoms with Crippen LogP contribution in [0.25, 0.3) is 16.9 Å². The minimum absolute atomic E-state index is 0.102. The quantitative estimate of drug-likeness (QED) is 0.322. The summed E-state index contributed by atoms with van der Waals surface area (Å²) in [6.45, 7) is 6.17. The number of aromatic nitrogens is 3. The zero-order valence-electron chi connectivity index (χ0n) is 18.8. The lowest BCUT2D eigenvalue weighted by molar-refractivity contribution is 0.0760. The number of anilines is 1. The molecule has 170 valence electrons. The number of hydrogen-bond acceptors (Lipinski definition) is 6. The van der Waals surface area contributed by atoms with Crippen molar-refractivity contribution < 1.29 is 14.3 Å². The maximum absolute atomic E-state index is 12.8. The lowest BCUT2D eigenvalue weighted by Gasteiger charge is -2.21. The summed E-state index contributed by atoms with van der Waals surface area (Å²) in [5.41, 5.74) is 3.14. The van der Waals surface area contributed by atoms with Gasteiger partial charge >= 0.3 is 6.09 Å². The molecule has 7 nitrogen and oxygen atoms in total. The Kier molecular flexibility index (Phi) is 6.84. The van der Waals surface area contributed by atoms with Crippen LogP contribution in [0.5, 0.6) is 0 Å². The van der Waals surface area contributed by atoms with Gasteiger partial charge in [-0.25, -0.2) is 14.3 Å². The number of ketones is 1. The van der Waals surface area contributed by atoms with Crippen molar-refractivity contribution >= 4 is 34.5 Å². The number of nitrogens with zero attached hydrogens (tertiary/aromatic N) is 3. The van der Waals surface area contributed by atoms with Gasteiger partial charge in [0.25, 0.3) is 0 Å². The number of hydrogen-bond donors (Lipinski definition) is 1. The first kappa shape index (κ1) is 22.7. The Hall–Kier alpha value is -3.52. The summed E-state index contributed by atoms with van der Waals surface area (Å²) in [7, 11) is 0. The molecule has 1 aromatic carbocycles. The number of fused-ring (bicyclic) bond motifs is 1. The fourth-order valence-electron chi connectivity index (χ4n) is 3.66. The fourth-order valence-corrected chi connectivity index (χ4v) is 4.34. The van der Waals surface area contributed by atoms with Crippen LogP contribution >= 0.6 is 11.3 Å². The first-order valence-electron chi connectivity index (χ1n) is 11.0. The van der Waals surface area contributed by atoms with E-state index in [1.54, 1.807) is 23.0 Å². The van der Waals surface area contributed by atoms with Crippen molar-refractivity contribution in [2.24, 2.45) is 5.92 Å². The van der Waals surface area contributed by atoms with Gasteiger partial charge in [0, 0.05) is 17.4 Å². The molecule has 4 rings (SSSR count). The van der Waals surface area contributed by atoms with E-state index >= 15 is 0 Å². The molecule has 4 aromatic rings. The van der Waals surface area contributed by atoms with Crippen LogP contribution in [0.2, 0.25) is 0 Å². The van der Waals surface area contributed by atoms with Crippen molar-refractivity contribution in [2.75, 3.05) is 5.32 Å².